The molecule has 2 N–H and O–H groups in total. The molecule has 3 rings (SSSR count). The number of Topliss-reactive ketones (excluding diaryl/α,β-unsaturated/α-hetero) is 1. The molecule has 0 spiro atoms. The number of benzene rings is 2. The third-order valence-electron chi connectivity index (χ3n) is 4.39. The summed E-state index contributed by atoms with van der Waals surface area (Å²) in [6, 6.07) is 18.3. The van der Waals surface area contributed by atoms with Crippen LogP contribution in [0.4, 0.5) is 17.2 Å². The number of aromatic nitrogens is 1. The molecule has 2 aromatic carbocycles. The predicted molar refractivity (Wildman–Crippen MR) is 112 cm³/mol. The third kappa shape index (κ3) is 4.62. The van der Waals surface area contributed by atoms with Gasteiger partial charge in [-0.25, -0.2) is 4.98 Å². The number of nitrogens with zero attached hydrogens (tertiary/aromatic N) is 1. The van der Waals surface area contributed by atoms with Crippen LogP contribution in [0.15, 0.2) is 66.9 Å². The van der Waals surface area contributed by atoms with E-state index in [0.717, 1.165) is 16.9 Å². The molecule has 1 amide bonds. The van der Waals surface area contributed by atoms with Crippen LogP contribution >= 0.6 is 0 Å². The fraction of sp³-hybridized carbons (Fsp3) is 0.174. The number of amides is 1. The Morgan fingerprint density at radius 3 is 2.46 bits per heavy atom. The molecule has 5 heteroatoms. The molecule has 0 radical (unpaired) electrons. The molecule has 0 bridgehead atoms. The first kappa shape index (κ1) is 19.3. The van der Waals surface area contributed by atoms with Crippen LogP contribution in [0.2, 0.25) is 0 Å². The third-order valence-corrected chi connectivity index (χ3v) is 4.39. The van der Waals surface area contributed by atoms with Crippen LogP contribution in [0.1, 0.15) is 53.0 Å². The molecule has 1 aromatic heterocycles. The zero-order chi connectivity index (χ0) is 20.1. The molecule has 28 heavy (non-hydrogen) atoms. The highest BCUT2D eigenvalue weighted by Gasteiger charge is 2.12. The minimum absolute atomic E-state index is 0.00597. The van der Waals surface area contributed by atoms with Gasteiger partial charge in [0.25, 0.3) is 5.91 Å². The van der Waals surface area contributed by atoms with Crippen LogP contribution in [-0.2, 0) is 0 Å². The highest BCUT2D eigenvalue weighted by molar-refractivity contribution is 6.05. The van der Waals surface area contributed by atoms with E-state index in [0.29, 0.717) is 22.9 Å². The van der Waals surface area contributed by atoms with E-state index < -0.39 is 0 Å². The smallest absolute Gasteiger partial charge is 0.255 e. The summed E-state index contributed by atoms with van der Waals surface area (Å²) in [5.41, 5.74) is 3.75. The Morgan fingerprint density at radius 2 is 1.71 bits per heavy atom. The minimum Gasteiger partial charge on any atom is -0.340 e. The highest BCUT2D eigenvalue weighted by Crippen LogP contribution is 2.24. The van der Waals surface area contributed by atoms with Crippen molar-refractivity contribution in [1.29, 1.82) is 0 Å². The summed E-state index contributed by atoms with van der Waals surface area (Å²) in [5.74, 6) is 0.634. The first-order valence-electron chi connectivity index (χ1n) is 9.18. The molecular weight excluding hydrogens is 350 g/mol. The van der Waals surface area contributed by atoms with Crippen LogP contribution in [0.3, 0.4) is 0 Å². The maximum absolute atomic E-state index is 12.7. The van der Waals surface area contributed by atoms with Crippen molar-refractivity contribution in [3.05, 3.63) is 83.6 Å². The van der Waals surface area contributed by atoms with Crippen molar-refractivity contribution < 1.29 is 9.59 Å². The molecule has 142 valence electrons. The number of nitrogens with one attached hydrogen (secondary N) is 2. The summed E-state index contributed by atoms with van der Waals surface area (Å²) in [4.78, 5) is 28.5. The lowest BCUT2D eigenvalue weighted by Crippen LogP contribution is -2.14. The molecule has 3 aromatic rings. The van der Waals surface area contributed by atoms with E-state index in [-0.39, 0.29) is 11.7 Å². The van der Waals surface area contributed by atoms with Gasteiger partial charge in [0.2, 0.25) is 0 Å². The lowest BCUT2D eigenvalue weighted by molar-refractivity contribution is 0.101. The monoisotopic (exact) mass is 373 g/mol. The molecular formula is C23H23N3O2. The van der Waals surface area contributed by atoms with E-state index in [1.54, 1.807) is 36.5 Å². The van der Waals surface area contributed by atoms with Crippen molar-refractivity contribution in [1.82, 2.24) is 4.98 Å². The fourth-order valence-electron chi connectivity index (χ4n) is 2.91. The number of hydrogen-bond acceptors (Lipinski definition) is 4. The van der Waals surface area contributed by atoms with E-state index in [1.807, 2.05) is 30.3 Å². The van der Waals surface area contributed by atoms with Crippen molar-refractivity contribution in [3.63, 3.8) is 0 Å². The van der Waals surface area contributed by atoms with E-state index in [1.165, 1.54) is 6.92 Å². The normalized spacial score (nSPS) is 10.6. The van der Waals surface area contributed by atoms with Crippen LogP contribution in [0, 0.1) is 0 Å². The van der Waals surface area contributed by atoms with E-state index in [4.69, 9.17) is 0 Å². The zero-order valence-electron chi connectivity index (χ0n) is 16.2. The van der Waals surface area contributed by atoms with Crippen molar-refractivity contribution in [3.8, 4) is 0 Å². The predicted octanol–water partition coefficient (Wildman–Crippen LogP) is 5.40. The number of carbonyl (C=O) groups excluding carboxylic acids is 2. The van der Waals surface area contributed by atoms with E-state index in [2.05, 4.69) is 29.5 Å². The first-order valence-corrected chi connectivity index (χ1v) is 9.18. The van der Waals surface area contributed by atoms with Gasteiger partial charge in [-0.1, -0.05) is 44.2 Å². The molecule has 0 aliphatic carbocycles. The maximum atomic E-state index is 12.7. The number of hydrogen-bond donors (Lipinski definition) is 2. The summed E-state index contributed by atoms with van der Waals surface area (Å²) in [6.07, 6.45) is 1.58. The molecule has 0 aliphatic heterocycles. The zero-order valence-corrected chi connectivity index (χ0v) is 16.2. The van der Waals surface area contributed by atoms with Crippen molar-refractivity contribution in [2.24, 2.45) is 0 Å². The Kier molecular flexibility index (Phi) is 5.84. The number of carbonyl (C=O) groups is 2. The van der Waals surface area contributed by atoms with Gasteiger partial charge in [-0.3, -0.25) is 9.59 Å². The Balaban J connectivity index is 1.79. The molecule has 0 atom stereocenters. The highest BCUT2D eigenvalue weighted by atomic mass is 16.1. The second-order valence-electron chi connectivity index (χ2n) is 6.89. The van der Waals surface area contributed by atoms with Crippen molar-refractivity contribution >= 4 is 28.9 Å². The average Bonchev–Trinajstić information content (AvgIpc) is 2.68. The SMILES string of the molecule is CC(=O)c1cccc(Nc2cc(C(=O)Nc3ccccc3C(C)C)ccn2)c1. The van der Waals surface area contributed by atoms with Gasteiger partial charge in [-0.15, -0.1) is 0 Å². The lowest BCUT2D eigenvalue weighted by atomic mass is 10.0. The van der Waals surface area contributed by atoms with Gasteiger partial charge in [-0.05, 0) is 48.7 Å². The maximum Gasteiger partial charge on any atom is 0.255 e. The van der Waals surface area contributed by atoms with Gasteiger partial charge in [0, 0.05) is 28.7 Å². The second-order valence-corrected chi connectivity index (χ2v) is 6.89. The van der Waals surface area contributed by atoms with E-state index >= 15 is 0 Å². The van der Waals surface area contributed by atoms with Crippen LogP contribution in [-0.4, -0.2) is 16.7 Å². The van der Waals surface area contributed by atoms with Crippen LogP contribution < -0.4 is 10.6 Å². The van der Waals surface area contributed by atoms with Gasteiger partial charge >= 0.3 is 0 Å². The lowest BCUT2D eigenvalue weighted by Gasteiger charge is -2.14. The standard InChI is InChI=1S/C23H23N3O2/c1-15(2)20-9-4-5-10-21(20)26-23(28)18-11-12-24-22(14-18)25-19-8-6-7-17(13-19)16(3)27/h4-15H,1-3H3,(H,24,25)(H,26,28). The van der Waals surface area contributed by atoms with Crippen molar-refractivity contribution in [2.45, 2.75) is 26.7 Å². The summed E-state index contributed by atoms with van der Waals surface area (Å²) >= 11 is 0. The van der Waals surface area contributed by atoms with E-state index in [9.17, 15) is 9.59 Å². The number of pyridine rings is 1. The summed E-state index contributed by atoms with van der Waals surface area (Å²) < 4.78 is 0. The molecule has 0 saturated carbocycles. The summed E-state index contributed by atoms with van der Waals surface area (Å²) in [7, 11) is 0. The Bertz CT molecular complexity index is 1010. The summed E-state index contributed by atoms with van der Waals surface area (Å²) in [5, 5.41) is 6.13. The number of ketones is 1. The Hall–Kier alpha value is -3.47. The number of rotatable bonds is 6. The van der Waals surface area contributed by atoms with Crippen LogP contribution in [0.5, 0.6) is 0 Å². The van der Waals surface area contributed by atoms with Crippen molar-refractivity contribution in [2.75, 3.05) is 10.6 Å². The number of para-hydroxylation sites is 1. The van der Waals surface area contributed by atoms with Crippen LogP contribution in [0.25, 0.3) is 0 Å². The van der Waals surface area contributed by atoms with Gasteiger partial charge in [-0.2, -0.15) is 0 Å². The Labute approximate surface area is 164 Å². The van der Waals surface area contributed by atoms with Gasteiger partial charge < -0.3 is 10.6 Å². The average molecular weight is 373 g/mol. The largest absolute Gasteiger partial charge is 0.340 e. The fourth-order valence-corrected chi connectivity index (χ4v) is 2.91. The molecule has 0 saturated heterocycles. The Morgan fingerprint density at radius 1 is 0.929 bits per heavy atom. The van der Waals surface area contributed by atoms with Gasteiger partial charge in [0.1, 0.15) is 5.82 Å². The molecule has 1 heterocycles. The first-order chi connectivity index (χ1) is 13.4. The second kappa shape index (κ2) is 8.48. The summed E-state index contributed by atoms with van der Waals surface area (Å²) in [6.45, 7) is 5.71. The van der Waals surface area contributed by atoms with Gasteiger partial charge in [0.05, 0.1) is 0 Å². The molecule has 0 aliphatic rings. The topological polar surface area (TPSA) is 71.1 Å². The molecule has 0 unspecified atom stereocenters. The quantitative estimate of drug-likeness (QED) is 0.567. The van der Waals surface area contributed by atoms with Gasteiger partial charge in [0.15, 0.2) is 5.78 Å². The number of anilines is 3. The minimum atomic E-state index is -0.198. The molecule has 0 fully saturated rings. The molecule has 5 nitrogen and oxygen atoms in total.